The third-order valence-corrected chi connectivity index (χ3v) is 4.13. The Kier molecular flexibility index (Phi) is 3.48. The van der Waals surface area contributed by atoms with Gasteiger partial charge in [0.1, 0.15) is 5.82 Å². The van der Waals surface area contributed by atoms with Gasteiger partial charge in [0.25, 0.3) is 0 Å². The van der Waals surface area contributed by atoms with Crippen molar-refractivity contribution in [2.45, 2.75) is 25.1 Å². The van der Waals surface area contributed by atoms with Crippen LogP contribution >= 0.6 is 27.5 Å². The van der Waals surface area contributed by atoms with Crippen LogP contribution in [0.4, 0.5) is 0 Å². The number of benzene rings is 1. The summed E-state index contributed by atoms with van der Waals surface area (Å²) >= 11 is 9.57. The average Bonchev–Trinajstić information content (AvgIpc) is 2.77. The number of nitrogens with zero attached hydrogens (tertiary/aromatic N) is 3. The van der Waals surface area contributed by atoms with Crippen LogP contribution in [0, 0.1) is 0 Å². The van der Waals surface area contributed by atoms with Gasteiger partial charge >= 0.3 is 0 Å². The molecule has 0 N–H and O–H groups in total. The molecule has 2 heterocycles. The molecule has 0 aliphatic carbocycles. The van der Waals surface area contributed by atoms with Crippen LogP contribution in [-0.4, -0.2) is 22.7 Å². The summed E-state index contributed by atoms with van der Waals surface area (Å²) in [7, 11) is 0. The smallest absolute Gasteiger partial charge is 0.143 e. The second kappa shape index (κ2) is 5.10. The molecule has 1 aliphatic rings. The molecule has 0 saturated carbocycles. The van der Waals surface area contributed by atoms with Gasteiger partial charge in [-0.1, -0.05) is 15.9 Å². The number of halogens is 2. The molecule has 1 aliphatic heterocycles. The molecule has 3 nitrogen and oxygen atoms in total. The van der Waals surface area contributed by atoms with Crippen LogP contribution in [0.1, 0.15) is 25.1 Å². The van der Waals surface area contributed by atoms with Crippen molar-refractivity contribution in [1.29, 1.82) is 0 Å². The molecule has 0 spiro atoms. The number of alkyl halides is 1. The van der Waals surface area contributed by atoms with Gasteiger partial charge in [-0.15, -0.1) is 11.6 Å². The average molecular weight is 329 g/mol. The lowest BCUT2D eigenvalue weighted by Gasteiger charge is -2.31. The highest BCUT2D eigenvalue weighted by Gasteiger charge is 2.17. The van der Waals surface area contributed by atoms with Crippen molar-refractivity contribution < 1.29 is 0 Å². The van der Waals surface area contributed by atoms with Gasteiger partial charge in [-0.2, -0.15) is 0 Å². The minimum atomic E-state index is 0.447. The van der Waals surface area contributed by atoms with E-state index in [9.17, 15) is 0 Å². The summed E-state index contributed by atoms with van der Waals surface area (Å²) in [6.07, 6.45) is 3.81. The van der Waals surface area contributed by atoms with Gasteiger partial charge in [-0.05, 0) is 37.5 Å². The number of hydrogen-bond donors (Lipinski definition) is 0. The topological polar surface area (TPSA) is 21.1 Å². The van der Waals surface area contributed by atoms with Crippen LogP contribution in [-0.2, 0) is 5.88 Å². The van der Waals surface area contributed by atoms with Crippen molar-refractivity contribution in [1.82, 2.24) is 9.66 Å². The maximum Gasteiger partial charge on any atom is 0.143 e. The van der Waals surface area contributed by atoms with Crippen LogP contribution in [0.15, 0.2) is 22.7 Å². The molecule has 0 radical (unpaired) electrons. The van der Waals surface area contributed by atoms with E-state index in [0.29, 0.717) is 5.88 Å². The number of rotatable bonds is 2. The molecule has 0 bridgehead atoms. The Balaban J connectivity index is 2.14. The summed E-state index contributed by atoms with van der Waals surface area (Å²) in [6, 6.07) is 6.18. The zero-order valence-electron chi connectivity index (χ0n) is 10.1. The molecule has 5 heteroatoms. The van der Waals surface area contributed by atoms with E-state index in [1.54, 1.807) is 0 Å². The summed E-state index contributed by atoms with van der Waals surface area (Å²) in [5, 5.41) is 2.36. The molecule has 0 amide bonds. The number of imidazole rings is 1. The van der Waals surface area contributed by atoms with Crippen LogP contribution in [0.25, 0.3) is 11.0 Å². The second-order valence-electron chi connectivity index (χ2n) is 4.62. The third kappa shape index (κ3) is 2.12. The van der Waals surface area contributed by atoms with Gasteiger partial charge < -0.3 is 5.01 Å². The maximum absolute atomic E-state index is 6.04. The molecule has 0 unspecified atom stereocenters. The highest BCUT2D eigenvalue weighted by Crippen LogP contribution is 2.23. The summed E-state index contributed by atoms with van der Waals surface area (Å²) in [4.78, 5) is 4.62. The Hall–Kier alpha value is -0.740. The van der Waals surface area contributed by atoms with Gasteiger partial charge in [0.2, 0.25) is 0 Å². The fraction of sp³-hybridized carbons (Fsp3) is 0.462. The van der Waals surface area contributed by atoms with E-state index in [1.165, 1.54) is 19.3 Å². The van der Waals surface area contributed by atoms with E-state index in [4.69, 9.17) is 11.6 Å². The fourth-order valence-electron chi connectivity index (χ4n) is 2.57. The van der Waals surface area contributed by atoms with Gasteiger partial charge in [0.05, 0.1) is 16.9 Å². The van der Waals surface area contributed by atoms with Crippen molar-refractivity contribution in [3.05, 3.63) is 28.5 Å². The van der Waals surface area contributed by atoms with Crippen LogP contribution in [0.2, 0.25) is 0 Å². The maximum atomic E-state index is 6.04. The number of fused-ring (bicyclic) bond motifs is 1. The molecule has 0 atom stereocenters. The Morgan fingerprint density at radius 3 is 2.72 bits per heavy atom. The molecular formula is C13H15BrClN3. The van der Waals surface area contributed by atoms with Crippen molar-refractivity contribution >= 4 is 38.6 Å². The zero-order valence-corrected chi connectivity index (χ0v) is 12.4. The summed E-state index contributed by atoms with van der Waals surface area (Å²) in [5.74, 6) is 1.38. The first-order valence-corrected chi connectivity index (χ1v) is 7.60. The number of hydrogen-bond acceptors (Lipinski definition) is 2. The third-order valence-electron chi connectivity index (χ3n) is 3.39. The highest BCUT2D eigenvalue weighted by atomic mass is 79.9. The second-order valence-corrected chi connectivity index (χ2v) is 5.80. The first-order valence-electron chi connectivity index (χ1n) is 6.27. The van der Waals surface area contributed by atoms with Crippen LogP contribution in [0.5, 0.6) is 0 Å². The monoisotopic (exact) mass is 327 g/mol. The van der Waals surface area contributed by atoms with Crippen molar-refractivity contribution in [3.63, 3.8) is 0 Å². The first-order chi connectivity index (χ1) is 8.79. The number of piperidine rings is 1. The SMILES string of the molecule is ClCc1nc2ccc(Br)cc2n1N1CCCCC1. The molecule has 3 rings (SSSR count). The fourth-order valence-corrected chi connectivity index (χ4v) is 3.09. The highest BCUT2D eigenvalue weighted by molar-refractivity contribution is 9.10. The van der Waals surface area contributed by atoms with E-state index in [0.717, 1.165) is 34.4 Å². The van der Waals surface area contributed by atoms with Gasteiger partial charge in [-0.25, -0.2) is 9.66 Å². The summed E-state index contributed by atoms with van der Waals surface area (Å²) in [6.45, 7) is 2.17. The first kappa shape index (κ1) is 12.3. The lowest BCUT2D eigenvalue weighted by molar-refractivity contribution is 0.478. The van der Waals surface area contributed by atoms with Crippen molar-refractivity contribution in [2.75, 3.05) is 18.1 Å². The van der Waals surface area contributed by atoms with E-state index in [2.05, 4.69) is 36.7 Å². The van der Waals surface area contributed by atoms with E-state index < -0.39 is 0 Å². The molecule has 1 fully saturated rings. The summed E-state index contributed by atoms with van der Waals surface area (Å²) < 4.78 is 3.28. The minimum absolute atomic E-state index is 0.447. The number of aromatic nitrogens is 2. The van der Waals surface area contributed by atoms with Crippen LogP contribution < -0.4 is 5.01 Å². The largest absolute Gasteiger partial charge is 0.311 e. The molecular weight excluding hydrogens is 314 g/mol. The van der Waals surface area contributed by atoms with Gasteiger partial charge in [0.15, 0.2) is 0 Å². The Labute approximate surface area is 120 Å². The Morgan fingerprint density at radius 1 is 1.22 bits per heavy atom. The van der Waals surface area contributed by atoms with Gasteiger partial charge in [0, 0.05) is 17.6 Å². The van der Waals surface area contributed by atoms with E-state index in [-0.39, 0.29) is 0 Å². The molecule has 1 aromatic carbocycles. The minimum Gasteiger partial charge on any atom is -0.311 e. The molecule has 2 aromatic rings. The van der Waals surface area contributed by atoms with Crippen LogP contribution in [0.3, 0.4) is 0 Å². The van der Waals surface area contributed by atoms with Crippen molar-refractivity contribution in [2.24, 2.45) is 0 Å². The normalized spacial score (nSPS) is 16.4. The van der Waals surface area contributed by atoms with Crippen molar-refractivity contribution in [3.8, 4) is 0 Å². The molecule has 96 valence electrons. The molecule has 1 aromatic heterocycles. The zero-order chi connectivity index (χ0) is 12.5. The quantitative estimate of drug-likeness (QED) is 0.785. The Bertz CT molecular complexity index is 561. The predicted molar refractivity (Wildman–Crippen MR) is 78.8 cm³/mol. The van der Waals surface area contributed by atoms with E-state index in [1.807, 2.05) is 12.1 Å². The summed E-state index contributed by atoms with van der Waals surface area (Å²) in [5.41, 5.74) is 2.15. The Morgan fingerprint density at radius 2 is 2.00 bits per heavy atom. The lowest BCUT2D eigenvalue weighted by atomic mass is 10.2. The predicted octanol–water partition coefficient (Wildman–Crippen LogP) is 3.66. The standard InChI is InChI=1S/C13H15BrClN3/c14-10-4-5-11-12(8-10)18(13(9-15)16-11)17-6-2-1-3-7-17/h4-5,8H,1-3,6-7,9H2. The van der Waals surface area contributed by atoms with E-state index >= 15 is 0 Å². The molecule has 1 saturated heterocycles. The van der Waals surface area contributed by atoms with Gasteiger partial charge in [-0.3, -0.25) is 0 Å². The lowest BCUT2D eigenvalue weighted by Crippen LogP contribution is -2.39. The molecule has 18 heavy (non-hydrogen) atoms.